The first-order chi connectivity index (χ1) is 16.8. The molecule has 0 aliphatic carbocycles. The van der Waals surface area contributed by atoms with Crippen molar-refractivity contribution < 1.29 is 13.2 Å². The zero-order valence-electron chi connectivity index (χ0n) is 20.1. The molecule has 0 aliphatic heterocycles. The lowest BCUT2D eigenvalue weighted by Gasteiger charge is -2.20. The fraction of sp³-hybridized carbons (Fsp3) is 0.222. The van der Waals surface area contributed by atoms with E-state index in [-0.39, 0.29) is 17.6 Å². The topological polar surface area (TPSA) is 94.3 Å². The van der Waals surface area contributed by atoms with Gasteiger partial charge in [-0.3, -0.25) is 9.52 Å². The normalized spacial score (nSPS) is 12.3. The van der Waals surface area contributed by atoms with Gasteiger partial charge in [0.2, 0.25) is 10.0 Å². The van der Waals surface area contributed by atoms with Crippen LogP contribution >= 0.6 is 0 Å². The van der Waals surface area contributed by atoms with E-state index in [1.54, 1.807) is 31.2 Å². The Hall–Kier alpha value is -3.78. The van der Waals surface area contributed by atoms with Gasteiger partial charge in [-0.1, -0.05) is 36.4 Å². The van der Waals surface area contributed by atoms with Crippen LogP contribution in [0.1, 0.15) is 34.3 Å². The second kappa shape index (κ2) is 10.2. The third kappa shape index (κ3) is 5.66. The number of aromatic nitrogens is 1. The quantitative estimate of drug-likeness (QED) is 0.321. The monoisotopic (exact) mass is 490 g/mol. The van der Waals surface area contributed by atoms with Crippen molar-refractivity contribution in [1.82, 2.24) is 10.3 Å². The van der Waals surface area contributed by atoms with Crippen LogP contribution in [0.15, 0.2) is 79.0 Å². The molecule has 4 rings (SSSR count). The second-order valence-electron chi connectivity index (χ2n) is 8.62. The summed E-state index contributed by atoms with van der Waals surface area (Å²) in [5.41, 5.74) is 5.09. The van der Waals surface area contributed by atoms with Gasteiger partial charge in [0.05, 0.1) is 5.75 Å². The van der Waals surface area contributed by atoms with Crippen molar-refractivity contribution >= 4 is 38.2 Å². The summed E-state index contributed by atoms with van der Waals surface area (Å²) in [5.74, 6) is -0.382. The standard InChI is InChI=1S/C27H30N4O3S/c1-4-35(33,34)30-21-9-7-8-20(16-21)27(32)29-17-24(19-12-14-22(15-13-19)31(2)3)25-18-28-26-11-6-5-10-23(25)26/h5-16,18,24,28,30H,4,17H2,1-3H3,(H,29,32). The summed E-state index contributed by atoms with van der Waals surface area (Å²) in [5, 5.41) is 4.16. The van der Waals surface area contributed by atoms with E-state index in [1.807, 2.05) is 43.4 Å². The van der Waals surface area contributed by atoms with Gasteiger partial charge in [0, 0.05) is 60.6 Å². The molecule has 4 aromatic rings. The van der Waals surface area contributed by atoms with Crippen LogP contribution < -0.4 is 14.9 Å². The lowest BCUT2D eigenvalue weighted by Crippen LogP contribution is -2.29. The summed E-state index contributed by atoms with van der Waals surface area (Å²) in [6, 6.07) is 23.0. The molecule has 8 heteroatoms. The molecule has 1 amide bonds. The molecule has 3 N–H and O–H groups in total. The van der Waals surface area contributed by atoms with Gasteiger partial charge < -0.3 is 15.2 Å². The molecule has 1 atom stereocenters. The summed E-state index contributed by atoms with van der Waals surface area (Å²) in [6.45, 7) is 1.95. The van der Waals surface area contributed by atoms with Gasteiger partial charge in [0.1, 0.15) is 0 Å². The maximum absolute atomic E-state index is 13.0. The fourth-order valence-electron chi connectivity index (χ4n) is 4.07. The van der Waals surface area contributed by atoms with Crippen LogP contribution in [0.25, 0.3) is 10.9 Å². The summed E-state index contributed by atoms with van der Waals surface area (Å²) in [6.07, 6.45) is 2.00. The Labute approximate surface area is 206 Å². The number of aromatic amines is 1. The highest BCUT2D eigenvalue weighted by Gasteiger charge is 2.20. The Morgan fingerprint density at radius 3 is 2.46 bits per heavy atom. The Bertz CT molecular complexity index is 1430. The van der Waals surface area contributed by atoms with Gasteiger partial charge in [-0.05, 0) is 54.4 Å². The number of para-hydroxylation sites is 1. The predicted octanol–water partition coefficient (Wildman–Crippen LogP) is 4.56. The summed E-state index contributed by atoms with van der Waals surface area (Å²) in [4.78, 5) is 18.4. The molecule has 35 heavy (non-hydrogen) atoms. The zero-order chi connectivity index (χ0) is 25.0. The number of carbonyl (C=O) groups excluding carboxylic acids is 1. The maximum Gasteiger partial charge on any atom is 0.251 e. The van der Waals surface area contributed by atoms with Gasteiger partial charge in [-0.25, -0.2) is 8.42 Å². The molecule has 7 nitrogen and oxygen atoms in total. The van der Waals surface area contributed by atoms with Gasteiger partial charge in [-0.2, -0.15) is 0 Å². The molecule has 0 saturated heterocycles. The summed E-state index contributed by atoms with van der Waals surface area (Å²) >= 11 is 0. The Balaban J connectivity index is 1.60. The number of hydrogen-bond donors (Lipinski definition) is 3. The molecular weight excluding hydrogens is 460 g/mol. The van der Waals surface area contributed by atoms with Crippen molar-refractivity contribution in [2.75, 3.05) is 36.0 Å². The molecule has 3 aromatic carbocycles. The Morgan fingerprint density at radius 2 is 1.74 bits per heavy atom. The van der Waals surface area contributed by atoms with Crippen LogP contribution in [0.4, 0.5) is 11.4 Å². The summed E-state index contributed by atoms with van der Waals surface area (Å²) in [7, 11) is 0.577. The van der Waals surface area contributed by atoms with Crippen LogP contribution in [-0.2, 0) is 10.0 Å². The number of anilines is 2. The van der Waals surface area contributed by atoms with E-state index in [9.17, 15) is 13.2 Å². The molecule has 0 radical (unpaired) electrons. The number of nitrogens with zero attached hydrogens (tertiary/aromatic N) is 1. The van der Waals surface area contributed by atoms with E-state index >= 15 is 0 Å². The predicted molar refractivity (Wildman–Crippen MR) is 143 cm³/mol. The highest BCUT2D eigenvalue weighted by atomic mass is 32.2. The van der Waals surface area contributed by atoms with Crippen LogP contribution in [0, 0.1) is 0 Å². The minimum atomic E-state index is -3.43. The SMILES string of the molecule is CCS(=O)(=O)Nc1cccc(C(=O)NCC(c2ccc(N(C)C)cc2)c2c[nH]c3ccccc23)c1. The lowest BCUT2D eigenvalue weighted by molar-refractivity contribution is 0.0952. The van der Waals surface area contributed by atoms with Crippen molar-refractivity contribution in [1.29, 1.82) is 0 Å². The van der Waals surface area contributed by atoms with Gasteiger partial charge in [-0.15, -0.1) is 0 Å². The van der Waals surface area contributed by atoms with Crippen molar-refractivity contribution in [3.8, 4) is 0 Å². The minimum Gasteiger partial charge on any atom is -0.378 e. The van der Waals surface area contributed by atoms with E-state index in [0.29, 0.717) is 17.8 Å². The Morgan fingerprint density at radius 1 is 1.00 bits per heavy atom. The average Bonchev–Trinajstić information content (AvgIpc) is 3.28. The molecule has 0 bridgehead atoms. The van der Waals surface area contributed by atoms with E-state index in [2.05, 4.69) is 45.4 Å². The number of rotatable bonds is 9. The van der Waals surface area contributed by atoms with Crippen LogP contribution in [-0.4, -0.2) is 45.7 Å². The number of nitrogens with one attached hydrogen (secondary N) is 3. The van der Waals surface area contributed by atoms with Crippen molar-refractivity contribution in [2.24, 2.45) is 0 Å². The van der Waals surface area contributed by atoms with Crippen molar-refractivity contribution in [3.63, 3.8) is 0 Å². The van der Waals surface area contributed by atoms with E-state index in [4.69, 9.17) is 0 Å². The molecule has 0 spiro atoms. The molecule has 182 valence electrons. The van der Waals surface area contributed by atoms with Gasteiger partial charge in [0.15, 0.2) is 0 Å². The van der Waals surface area contributed by atoms with Crippen LogP contribution in [0.2, 0.25) is 0 Å². The molecule has 1 aromatic heterocycles. The number of sulfonamides is 1. The number of fused-ring (bicyclic) bond motifs is 1. The average molecular weight is 491 g/mol. The third-order valence-corrected chi connectivity index (χ3v) is 7.36. The zero-order valence-corrected chi connectivity index (χ0v) is 20.9. The number of carbonyl (C=O) groups is 1. The Kier molecular flexibility index (Phi) is 7.12. The highest BCUT2D eigenvalue weighted by Crippen LogP contribution is 2.31. The molecule has 1 unspecified atom stereocenters. The van der Waals surface area contributed by atoms with E-state index in [0.717, 1.165) is 27.7 Å². The highest BCUT2D eigenvalue weighted by molar-refractivity contribution is 7.92. The maximum atomic E-state index is 13.0. The molecular formula is C27H30N4O3S. The lowest BCUT2D eigenvalue weighted by atomic mass is 9.90. The van der Waals surface area contributed by atoms with E-state index in [1.165, 1.54) is 0 Å². The van der Waals surface area contributed by atoms with Crippen molar-refractivity contribution in [2.45, 2.75) is 12.8 Å². The van der Waals surface area contributed by atoms with Crippen molar-refractivity contribution in [3.05, 3.63) is 95.7 Å². The van der Waals surface area contributed by atoms with Gasteiger partial charge >= 0.3 is 0 Å². The second-order valence-corrected chi connectivity index (χ2v) is 10.6. The molecule has 1 heterocycles. The number of amides is 1. The number of benzene rings is 3. The largest absolute Gasteiger partial charge is 0.378 e. The van der Waals surface area contributed by atoms with Crippen LogP contribution in [0.5, 0.6) is 0 Å². The first kappa shape index (κ1) is 24.3. The number of H-pyrrole nitrogens is 1. The molecule has 0 saturated carbocycles. The number of hydrogen-bond acceptors (Lipinski definition) is 4. The van der Waals surface area contributed by atoms with Crippen LogP contribution in [0.3, 0.4) is 0 Å². The fourth-order valence-corrected chi connectivity index (χ4v) is 4.70. The third-order valence-electron chi connectivity index (χ3n) is 6.05. The first-order valence-electron chi connectivity index (χ1n) is 11.5. The minimum absolute atomic E-state index is 0.0393. The molecule has 0 aliphatic rings. The first-order valence-corrected chi connectivity index (χ1v) is 13.1. The smallest absolute Gasteiger partial charge is 0.251 e. The molecule has 0 fully saturated rings. The van der Waals surface area contributed by atoms with E-state index < -0.39 is 10.0 Å². The van der Waals surface area contributed by atoms with Gasteiger partial charge in [0.25, 0.3) is 5.91 Å². The summed E-state index contributed by atoms with van der Waals surface area (Å²) < 4.78 is 26.3.